The Bertz CT molecular complexity index is 1060. The van der Waals surface area contributed by atoms with Gasteiger partial charge in [0.15, 0.2) is 0 Å². The van der Waals surface area contributed by atoms with Gasteiger partial charge in [-0.15, -0.1) is 0 Å². The number of aromatic nitrogens is 2. The highest BCUT2D eigenvalue weighted by molar-refractivity contribution is 5.81. The summed E-state index contributed by atoms with van der Waals surface area (Å²) in [6, 6.07) is 14.8. The summed E-state index contributed by atoms with van der Waals surface area (Å²) >= 11 is 0. The third kappa shape index (κ3) is 4.43. The molecule has 3 aromatic rings. The molecule has 144 valence electrons. The van der Waals surface area contributed by atoms with E-state index in [0.29, 0.717) is 17.4 Å². The number of nitrogens with zero attached hydrogens (tertiary/aromatic N) is 3. The molecule has 1 aromatic heterocycles. The minimum absolute atomic E-state index is 0.0582. The Morgan fingerprint density at radius 3 is 2.57 bits per heavy atom. The zero-order valence-electron chi connectivity index (χ0n) is 15.7. The van der Waals surface area contributed by atoms with E-state index in [4.69, 9.17) is 5.73 Å². The highest BCUT2D eigenvalue weighted by Gasteiger charge is 2.17. The molecule has 0 saturated carbocycles. The van der Waals surface area contributed by atoms with E-state index < -0.39 is 5.91 Å². The van der Waals surface area contributed by atoms with Crippen LogP contribution in [0.1, 0.15) is 17.5 Å². The van der Waals surface area contributed by atoms with Crippen molar-refractivity contribution in [2.24, 2.45) is 5.73 Å². The van der Waals surface area contributed by atoms with E-state index in [9.17, 15) is 14.4 Å². The van der Waals surface area contributed by atoms with E-state index in [1.54, 1.807) is 12.1 Å². The van der Waals surface area contributed by atoms with Crippen molar-refractivity contribution in [3.05, 3.63) is 76.3 Å². The van der Waals surface area contributed by atoms with E-state index in [1.807, 2.05) is 43.3 Å². The molecule has 7 nitrogen and oxygen atoms in total. The first-order chi connectivity index (χ1) is 13.5. The SMILES string of the molecule is Cc1cccc2c(=O)n(CC(=O)N(CCC(N)=O)Cc3ccccc3)cnc12. The molecule has 2 amide bonds. The lowest BCUT2D eigenvalue weighted by Gasteiger charge is -2.23. The lowest BCUT2D eigenvalue weighted by molar-refractivity contribution is -0.133. The number of rotatable bonds is 7. The van der Waals surface area contributed by atoms with Crippen LogP contribution in [0.25, 0.3) is 10.9 Å². The number of hydrogen-bond acceptors (Lipinski definition) is 4. The first-order valence-corrected chi connectivity index (χ1v) is 9.00. The van der Waals surface area contributed by atoms with Crippen molar-refractivity contribution in [2.75, 3.05) is 6.54 Å². The average molecular weight is 378 g/mol. The van der Waals surface area contributed by atoms with Crippen molar-refractivity contribution in [3.8, 4) is 0 Å². The molecule has 0 aliphatic carbocycles. The second kappa shape index (κ2) is 8.47. The summed E-state index contributed by atoms with van der Waals surface area (Å²) in [6.45, 7) is 2.26. The normalized spacial score (nSPS) is 10.8. The van der Waals surface area contributed by atoms with Crippen LogP contribution in [0.5, 0.6) is 0 Å². The fourth-order valence-electron chi connectivity index (χ4n) is 3.04. The molecule has 28 heavy (non-hydrogen) atoms. The molecule has 0 radical (unpaired) electrons. The summed E-state index contributed by atoms with van der Waals surface area (Å²) in [6.07, 6.45) is 1.45. The van der Waals surface area contributed by atoms with E-state index in [0.717, 1.165) is 11.1 Å². The molecule has 2 aromatic carbocycles. The molecule has 1 heterocycles. The van der Waals surface area contributed by atoms with Gasteiger partial charge in [0.25, 0.3) is 5.56 Å². The summed E-state index contributed by atoms with van der Waals surface area (Å²) in [5.74, 6) is -0.758. The maximum absolute atomic E-state index is 12.9. The van der Waals surface area contributed by atoms with Crippen LogP contribution in [0.4, 0.5) is 0 Å². The number of nitrogens with two attached hydrogens (primary N) is 1. The number of amides is 2. The Balaban J connectivity index is 1.84. The Hall–Kier alpha value is -3.48. The van der Waals surface area contributed by atoms with Crippen molar-refractivity contribution >= 4 is 22.7 Å². The lowest BCUT2D eigenvalue weighted by Crippen LogP contribution is -2.38. The Morgan fingerprint density at radius 2 is 1.86 bits per heavy atom. The molecule has 0 aliphatic heterocycles. The minimum atomic E-state index is -0.481. The van der Waals surface area contributed by atoms with Crippen LogP contribution in [-0.2, 0) is 22.7 Å². The van der Waals surface area contributed by atoms with E-state index in [-0.39, 0.29) is 31.0 Å². The Labute approximate surface area is 162 Å². The van der Waals surface area contributed by atoms with Gasteiger partial charge in [-0.2, -0.15) is 0 Å². The summed E-state index contributed by atoms with van der Waals surface area (Å²) in [5, 5.41) is 0.474. The number of hydrogen-bond donors (Lipinski definition) is 1. The van der Waals surface area contributed by atoms with E-state index >= 15 is 0 Å². The summed E-state index contributed by atoms with van der Waals surface area (Å²) < 4.78 is 1.30. The molecule has 2 N–H and O–H groups in total. The van der Waals surface area contributed by atoms with Crippen molar-refractivity contribution in [1.29, 1.82) is 0 Å². The van der Waals surface area contributed by atoms with Crippen molar-refractivity contribution in [1.82, 2.24) is 14.5 Å². The molecule has 0 saturated heterocycles. The van der Waals surface area contributed by atoms with Crippen LogP contribution in [0.15, 0.2) is 59.7 Å². The zero-order chi connectivity index (χ0) is 20.1. The van der Waals surface area contributed by atoms with Gasteiger partial charge in [0.1, 0.15) is 6.54 Å². The Kier molecular flexibility index (Phi) is 5.84. The van der Waals surface area contributed by atoms with Gasteiger partial charge in [0.05, 0.1) is 17.2 Å². The molecular weight excluding hydrogens is 356 g/mol. The molecule has 0 unspecified atom stereocenters. The standard InChI is InChI=1S/C21H22N4O3/c1-15-6-5-9-17-20(15)23-14-25(21(17)28)13-19(27)24(11-10-18(22)26)12-16-7-3-2-4-8-16/h2-9,14H,10-13H2,1H3,(H2,22,26). The quantitative estimate of drug-likeness (QED) is 0.675. The van der Waals surface area contributed by atoms with Crippen molar-refractivity contribution in [3.63, 3.8) is 0 Å². The topological polar surface area (TPSA) is 98.3 Å². The minimum Gasteiger partial charge on any atom is -0.370 e. The molecule has 0 spiro atoms. The molecule has 0 atom stereocenters. The van der Waals surface area contributed by atoms with Gasteiger partial charge >= 0.3 is 0 Å². The third-order valence-corrected chi connectivity index (χ3v) is 4.56. The maximum atomic E-state index is 12.9. The first kappa shape index (κ1) is 19.3. The number of fused-ring (bicyclic) bond motifs is 1. The zero-order valence-corrected chi connectivity index (χ0v) is 15.7. The van der Waals surface area contributed by atoms with E-state index in [2.05, 4.69) is 4.98 Å². The second-order valence-electron chi connectivity index (χ2n) is 6.67. The van der Waals surface area contributed by atoms with Crippen LogP contribution in [-0.4, -0.2) is 32.8 Å². The summed E-state index contributed by atoms with van der Waals surface area (Å²) in [5.41, 5.74) is 7.44. The smallest absolute Gasteiger partial charge is 0.261 e. The van der Waals surface area contributed by atoms with Crippen LogP contribution >= 0.6 is 0 Å². The molecule has 3 rings (SSSR count). The van der Waals surface area contributed by atoms with Gasteiger partial charge in [0, 0.05) is 19.5 Å². The average Bonchev–Trinajstić information content (AvgIpc) is 2.68. The largest absolute Gasteiger partial charge is 0.370 e. The molecule has 0 aliphatic rings. The van der Waals surface area contributed by atoms with Crippen LogP contribution in [0.2, 0.25) is 0 Å². The highest BCUT2D eigenvalue weighted by Crippen LogP contribution is 2.12. The van der Waals surface area contributed by atoms with Crippen molar-refractivity contribution < 1.29 is 9.59 Å². The molecule has 0 fully saturated rings. The maximum Gasteiger partial charge on any atom is 0.261 e. The molecule has 7 heteroatoms. The highest BCUT2D eigenvalue weighted by atomic mass is 16.2. The van der Waals surface area contributed by atoms with Gasteiger partial charge < -0.3 is 10.6 Å². The van der Waals surface area contributed by atoms with Crippen LogP contribution in [0, 0.1) is 6.92 Å². The Morgan fingerprint density at radius 1 is 1.11 bits per heavy atom. The summed E-state index contributed by atoms with van der Waals surface area (Å²) in [4.78, 5) is 42.7. The first-order valence-electron chi connectivity index (χ1n) is 9.00. The van der Waals surface area contributed by atoms with Gasteiger partial charge in [-0.3, -0.25) is 19.0 Å². The number of primary amides is 1. The van der Waals surface area contributed by atoms with Crippen molar-refractivity contribution in [2.45, 2.75) is 26.4 Å². The molecular formula is C21H22N4O3. The molecule has 0 bridgehead atoms. The predicted molar refractivity (Wildman–Crippen MR) is 106 cm³/mol. The van der Waals surface area contributed by atoms with Crippen LogP contribution < -0.4 is 11.3 Å². The number of carbonyl (C=O) groups is 2. The second-order valence-corrected chi connectivity index (χ2v) is 6.67. The van der Waals surface area contributed by atoms with Gasteiger partial charge in [-0.1, -0.05) is 42.5 Å². The van der Waals surface area contributed by atoms with Gasteiger partial charge in [-0.05, 0) is 24.1 Å². The van der Waals surface area contributed by atoms with Gasteiger partial charge in [0.2, 0.25) is 11.8 Å². The van der Waals surface area contributed by atoms with Gasteiger partial charge in [-0.25, -0.2) is 4.98 Å². The predicted octanol–water partition coefficient (Wildman–Crippen LogP) is 1.61. The number of aryl methyl sites for hydroxylation is 1. The number of para-hydroxylation sites is 1. The monoisotopic (exact) mass is 378 g/mol. The number of carbonyl (C=O) groups excluding carboxylic acids is 2. The fourth-order valence-corrected chi connectivity index (χ4v) is 3.04. The number of benzene rings is 2. The van der Waals surface area contributed by atoms with E-state index in [1.165, 1.54) is 15.8 Å². The lowest BCUT2D eigenvalue weighted by atomic mass is 10.1. The fraction of sp³-hybridized carbons (Fsp3) is 0.238. The van der Waals surface area contributed by atoms with Crippen LogP contribution in [0.3, 0.4) is 0 Å². The summed E-state index contributed by atoms with van der Waals surface area (Å²) in [7, 11) is 0. The third-order valence-electron chi connectivity index (χ3n) is 4.56.